The smallest absolute Gasteiger partial charge is 0.220 e. The maximum atomic E-state index is 4.64. The van der Waals surface area contributed by atoms with E-state index in [-0.39, 0.29) is 0 Å². The topological polar surface area (TPSA) is 69.9 Å². The largest absolute Gasteiger partial charge is 0.354 e. The molecule has 158 valence electrons. The minimum absolute atomic E-state index is 0.797. The van der Waals surface area contributed by atoms with Crippen molar-refractivity contribution in [1.82, 2.24) is 20.1 Å². The molecule has 0 saturated heterocycles. The van der Waals surface area contributed by atoms with E-state index in [1.807, 2.05) is 56.0 Å². The predicted octanol–water partition coefficient (Wildman–Crippen LogP) is 3.79. The summed E-state index contributed by atoms with van der Waals surface area (Å²) < 4.78 is 0. The highest BCUT2D eigenvalue weighted by atomic mass is 15.3. The van der Waals surface area contributed by atoms with Crippen LogP contribution in [0.2, 0.25) is 0 Å². The SMILES string of the molecule is CCN(CCN(C)C1=NCCC=N1)c1cc(-c2ccncc2)c(-c2ccccc2)nn1. The number of pyridine rings is 1. The average molecular weight is 414 g/mol. The Morgan fingerprint density at radius 3 is 2.45 bits per heavy atom. The van der Waals surface area contributed by atoms with E-state index in [2.05, 4.69) is 60.1 Å². The van der Waals surface area contributed by atoms with Gasteiger partial charge in [0.2, 0.25) is 5.96 Å². The number of nitrogens with zero attached hydrogens (tertiary/aromatic N) is 7. The first-order valence-electron chi connectivity index (χ1n) is 10.6. The Kier molecular flexibility index (Phi) is 6.62. The molecule has 0 fully saturated rings. The number of aliphatic imine (C=N–C) groups is 2. The number of guanidine groups is 1. The minimum atomic E-state index is 0.797. The Morgan fingerprint density at radius 1 is 0.935 bits per heavy atom. The Labute approximate surface area is 183 Å². The zero-order valence-electron chi connectivity index (χ0n) is 18.0. The van der Waals surface area contributed by atoms with Gasteiger partial charge in [0.25, 0.3) is 0 Å². The van der Waals surface area contributed by atoms with Gasteiger partial charge in [-0.05, 0) is 30.7 Å². The molecule has 3 aromatic rings. The van der Waals surface area contributed by atoms with E-state index in [4.69, 9.17) is 0 Å². The molecule has 0 saturated carbocycles. The normalized spacial score (nSPS) is 13.0. The van der Waals surface area contributed by atoms with Crippen LogP contribution in [0.3, 0.4) is 0 Å². The molecule has 3 heterocycles. The highest BCUT2D eigenvalue weighted by Gasteiger charge is 2.16. The highest BCUT2D eigenvalue weighted by molar-refractivity contribution is 5.89. The molecule has 0 spiro atoms. The Hall–Kier alpha value is -3.61. The first kappa shape index (κ1) is 20.7. The van der Waals surface area contributed by atoms with Crippen molar-refractivity contribution in [1.29, 1.82) is 0 Å². The Bertz CT molecular complexity index is 1050. The third kappa shape index (κ3) is 4.94. The molecule has 0 N–H and O–H groups in total. The van der Waals surface area contributed by atoms with E-state index in [0.717, 1.165) is 66.8 Å². The van der Waals surface area contributed by atoms with Gasteiger partial charge in [0.05, 0.1) is 0 Å². The van der Waals surface area contributed by atoms with Gasteiger partial charge in [-0.1, -0.05) is 30.3 Å². The summed E-state index contributed by atoms with van der Waals surface area (Å²) in [7, 11) is 2.03. The van der Waals surface area contributed by atoms with Crippen LogP contribution in [0.15, 0.2) is 70.9 Å². The van der Waals surface area contributed by atoms with Gasteiger partial charge in [-0.2, -0.15) is 0 Å². The standard InChI is InChI=1S/C24H27N7/c1-3-31(17-16-30(2)24-26-12-7-13-27-24)22-18-21(19-10-14-25-15-11-19)23(29-28-22)20-8-5-4-6-9-20/h4-6,8-12,14-15,18H,3,7,13,16-17H2,1-2H3. The summed E-state index contributed by atoms with van der Waals surface area (Å²) in [4.78, 5) is 17.4. The molecule has 7 nitrogen and oxygen atoms in total. The second-order valence-corrected chi connectivity index (χ2v) is 7.35. The average Bonchev–Trinajstić information content (AvgIpc) is 2.86. The van der Waals surface area contributed by atoms with Crippen molar-refractivity contribution in [2.45, 2.75) is 13.3 Å². The maximum Gasteiger partial charge on any atom is 0.220 e. The number of hydrogen-bond donors (Lipinski definition) is 0. The monoisotopic (exact) mass is 413 g/mol. The summed E-state index contributed by atoms with van der Waals surface area (Å²) in [6.45, 7) is 5.38. The van der Waals surface area contributed by atoms with Crippen LogP contribution in [0.25, 0.3) is 22.4 Å². The fourth-order valence-electron chi connectivity index (χ4n) is 3.53. The van der Waals surface area contributed by atoms with Crippen molar-refractivity contribution in [3.63, 3.8) is 0 Å². The maximum absolute atomic E-state index is 4.64. The van der Waals surface area contributed by atoms with Gasteiger partial charge in [-0.25, -0.2) is 4.99 Å². The van der Waals surface area contributed by atoms with E-state index >= 15 is 0 Å². The van der Waals surface area contributed by atoms with Crippen molar-refractivity contribution in [3.8, 4) is 22.4 Å². The quantitative estimate of drug-likeness (QED) is 0.589. The van der Waals surface area contributed by atoms with E-state index in [1.165, 1.54) is 0 Å². The van der Waals surface area contributed by atoms with E-state index in [0.29, 0.717) is 0 Å². The van der Waals surface area contributed by atoms with Crippen molar-refractivity contribution >= 4 is 18.0 Å². The number of rotatable bonds is 7. The van der Waals surface area contributed by atoms with Crippen LogP contribution in [-0.4, -0.2) is 65.5 Å². The molecule has 4 rings (SSSR count). The number of likely N-dealkylation sites (N-methyl/N-ethyl adjacent to an activating group) is 2. The number of benzene rings is 1. The summed E-state index contributed by atoms with van der Waals surface area (Å²) >= 11 is 0. The van der Waals surface area contributed by atoms with Gasteiger partial charge in [-0.3, -0.25) is 9.98 Å². The molecule has 0 atom stereocenters. The van der Waals surface area contributed by atoms with Gasteiger partial charge in [0.1, 0.15) is 5.69 Å². The van der Waals surface area contributed by atoms with Crippen molar-refractivity contribution in [2.24, 2.45) is 9.98 Å². The van der Waals surface area contributed by atoms with Crippen LogP contribution in [0.4, 0.5) is 5.82 Å². The molecular formula is C24H27N7. The first-order chi connectivity index (χ1) is 15.3. The molecule has 1 aliphatic rings. The number of aromatic nitrogens is 3. The van der Waals surface area contributed by atoms with Crippen molar-refractivity contribution < 1.29 is 0 Å². The van der Waals surface area contributed by atoms with E-state index in [1.54, 1.807) is 0 Å². The summed E-state index contributed by atoms with van der Waals surface area (Å²) in [5.41, 5.74) is 4.04. The van der Waals surface area contributed by atoms with Gasteiger partial charge >= 0.3 is 0 Å². The van der Waals surface area contributed by atoms with Crippen LogP contribution in [0.5, 0.6) is 0 Å². The highest BCUT2D eigenvalue weighted by Crippen LogP contribution is 2.31. The molecule has 7 heteroatoms. The van der Waals surface area contributed by atoms with E-state index < -0.39 is 0 Å². The van der Waals surface area contributed by atoms with Crippen molar-refractivity contribution in [3.05, 3.63) is 60.9 Å². The lowest BCUT2D eigenvalue weighted by Gasteiger charge is -2.26. The third-order valence-corrected chi connectivity index (χ3v) is 5.29. The molecule has 2 aromatic heterocycles. The van der Waals surface area contributed by atoms with Crippen LogP contribution in [0.1, 0.15) is 13.3 Å². The zero-order valence-corrected chi connectivity index (χ0v) is 18.0. The molecule has 0 radical (unpaired) electrons. The number of anilines is 1. The van der Waals surface area contributed by atoms with Crippen molar-refractivity contribution in [2.75, 3.05) is 38.1 Å². The zero-order chi connectivity index (χ0) is 21.5. The van der Waals surface area contributed by atoms with Gasteiger partial charge < -0.3 is 9.80 Å². The van der Waals surface area contributed by atoms with Crippen LogP contribution < -0.4 is 4.90 Å². The van der Waals surface area contributed by atoms with Gasteiger partial charge in [-0.15, -0.1) is 10.2 Å². The molecule has 0 unspecified atom stereocenters. The first-order valence-corrected chi connectivity index (χ1v) is 10.6. The number of hydrogen-bond acceptors (Lipinski definition) is 7. The predicted molar refractivity (Wildman–Crippen MR) is 127 cm³/mol. The van der Waals surface area contributed by atoms with Gasteiger partial charge in [0.15, 0.2) is 5.82 Å². The minimum Gasteiger partial charge on any atom is -0.354 e. The lowest BCUT2D eigenvalue weighted by atomic mass is 10.0. The summed E-state index contributed by atoms with van der Waals surface area (Å²) in [6.07, 6.45) is 6.47. The van der Waals surface area contributed by atoms with E-state index in [9.17, 15) is 0 Å². The second kappa shape index (κ2) is 9.93. The summed E-state index contributed by atoms with van der Waals surface area (Å²) in [5, 5.41) is 9.22. The Morgan fingerprint density at radius 2 is 1.74 bits per heavy atom. The van der Waals surface area contributed by atoms with Crippen LogP contribution >= 0.6 is 0 Å². The third-order valence-electron chi connectivity index (χ3n) is 5.29. The molecule has 31 heavy (non-hydrogen) atoms. The molecule has 0 bridgehead atoms. The fraction of sp³-hybridized carbons (Fsp3) is 0.292. The lowest BCUT2D eigenvalue weighted by Crippen LogP contribution is -2.37. The molecular weight excluding hydrogens is 386 g/mol. The molecule has 1 aliphatic heterocycles. The molecule has 1 aromatic carbocycles. The Balaban J connectivity index is 1.61. The summed E-state index contributed by atoms with van der Waals surface area (Å²) in [6, 6.07) is 16.3. The molecule has 0 aliphatic carbocycles. The van der Waals surface area contributed by atoms with Gasteiger partial charge in [0, 0.05) is 69.4 Å². The molecule has 0 amide bonds. The summed E-state index contributed by atoms with van der Waals surface area (Å²) in [5.74, 6) is 1.65. The second-order valence-electron chi connectivity index (χ2n) is 7.35. The fourth-order valence-corrected chi connectivity index (χ4v) is 3.53. The van der Waals surface area contributed by atoms with Crippen LogP contribution in [0, 0.1) is 0 Å². The van der Waals surface area contributed by atoms with Crippen LogP contribution in [-0.2, 0) is 0 Å². The lowest BCUT2D eigenvalue weighted by molar-refractivity contribution is 0.495.